The number of benzene rings is 4. The lowest BCUT2D eigenvalue weighted by atomic mass is 9.80. The van der Waals surface area contributed by atoms with Gasteiger partial charge in [-0.1, -0.05) is 107 Å². The molecule has 0 amide bonds. The van der Waals surface area contributed by atoms with Gasteiger partial charge in [-0.05, 0) is 126 Å². The predicted molar refractivity (Wildman–Crippen MR) is 220 cm³/mol. The van der Waals surface area contributed by atoms with Crippen LogP contribution in [0.1, 0.15) is 105 Å². The Balaban J connectivity index is 1.51. The zero-order valence-corrected chi connectivity index (χ0v) is 32.8. The van der Waals surface area contributed by atoms with E-state index in [0.717, 1.165) is 11.3 Å². The molecule has 1 N–H and O–H groups in total. The zero-order valence-electron chi connectivity index (χ0n) is 32.0. The minimum Gasteiger partial charge on any atom is -0.354 e. The highest BCUT2D eigenvalue weighted by atomic mass is 32.1. The Morgan fingerprint density at radius 1 is 0.500 bits per heavy atom. The second-order valence-electron chi connectivity index (χ2n) is 18.5. The first-order valence-corrected chi connectivity index (χ1v) is 18.9. The number of thiophene rings is 1. The van der Waals surface area contributed by atoms with Crippen molar-refractivity contribution in [3.05, 3.63) is 113 Å². The molecule has 0 aliphatic heterocycles. The van der Waals surface area contributed by atoms with Gasteiger partial charge >= 0.3 is 0 Å². The molecule has 0 aliphatic carbocycles. The minimum absolute atomic E-state index is 0.00879. The van der Waals surface area contributed by atoms with Crippen LogP contribution in [0.4, 0.5) is 0 Å². The lowest BCUT2D eigenvalue weighted by Crippen LogP contribution is -2.13. The number of H-pyrrole nitrogens is 1. The van der Waals surface area contributed by atoms with Crippen molar-refractivity contribution in [2.24, 2.45) is 0 Å². The molecule has 7 aromatic rings. The first kappa shape index (κ1) is 34.2. The van der Waals surface area contributed by atoms with Gasteiger partial charge in [0.2, 0.25) is 0 Å². The second kappa shape index (κ2) is 11.7. The Labute approximate surface area is 303 Å². The first-order chi connectivity index (χ1) is 23.3. The van der Waals surface area contributed by atoms with Crippen molar-refractivity contribution in [3.63, 3.8) is 0 Å². The monoisotopic (exact) mass is 676 g/mol. The molecule has 256 valence electrons. The third-order valence-electron chi connectivity index (χ3n) is 10.3. The maximum absolute atomic E-state index is 4.94. The molecular weight excluding hydrogens is 625 g/mol. The minimum atomic E-state index is -0.0381. The van der Waals surface area contributed by atoms with Crippen molar-refractivity contribution in [1.82, 2.24) is 9.97 Å². The first-order valence-electron chi connectivity index (χ1n) is 18.0. The van der Waals surface area contributed by atoms with Crippen molar-refractivity contribution >= 4 is 43.2 Å². The summed E-state index contributed by atoms with van der Waals surface area (Å²) in [6, 6.07) is 30.6. The fraction of sp³-hybridized carbons (Fsp3) is 0.340. The van der Waals surface area contributed by atoms with E-state index < -0.39 is 0 Å². The zero-order chi connectivity index (χ0) is 36.0. The summed E-state index contributed by atoms with van der Waals surface area (Å²) in [4.78, 5) is 8.83. The third-order valence-corrected chi connectivity index (χ3v) is 11.2. The number of hydrogen-bond acceptors (Lipinski definition) is 2. The van der Waals surface area contributed by atoms with E-state index in [2.05, 4.69) is 172 Å². The molecule has 0 unspecified atom stereocenters. The van der Waals surface area contributed by atoms with Gasteiger partial charge < -0.3 is 4.98 Å². The number of hydrogen-bond donors (Lipinski definition) is 1. The summed E-state index contributed by atoms with van der Waals surface area (Å²) < 4.78 is 1.22. The van der Waals surface area contributed by atoms with E-state index in [1.807, 2.05) is 6.20 Å². The van der Waals surface area contributed by atoms with Gasteiger partial charge in [0.15, 0.2) is 0 Å². The standard InChI is InChI=1S/C47H52N2S/c1-44(2,3)33-13-14-40-38(24-33)39-26-36(47(10,11)12)25-37(43(39)49-40)31-17-29(19-34(21-31)45(4,5)6)30-18-32(22-35(20-30)46(7,8)9)41-23-28-15-16-50-42(28)27-48-41/h13-27,49H,1-12H3. The molecule has 7 rings (SSSR count). The maximum Gasteiger partial charge on any atom is 0.0709 e. The van der Waals surface area contributed by atoms with E-state index in [1.165, 1.54) is 76.4 Å². The number of nitrogens with zero attached hydrogens (tertiary/aromatic N) is 1. The number of aromatic nitrogens is 2. The molecule has 50 heavy (non-hydrogen) atoms. The maximum atomic E-state index is 4.94. The van der Waals surface area contributed by atoms with Crippen LogP contribution in [-0.4, -0.2) is 9.97 Å². The van der Waals surface area contributed by atoms with E-state index >= 15 is 0 Å². The second-order valence-corrected chi connectivity index (χ2v) is 19.4. The summed E-state index contributed by atoms with van der Waals surface area (Å²) in [5, 5.41) is 5.98. The number of fused-ring (bicyclic) bond motifs is 4. The summed E-state index contributed by atoms with van der Waals surface area (Å²) in [5.74, 6) is 0. The molecule has 4 aromatic carbocycles. The lowest BCUT2D eigenvalue weighted by Gasteiger charge is -2.25. The Morgan fingerprint density at radius 3 is 1.66 bits per heavy atom. The molecule has 0 atom stereocenters. The molecule has 3 aromatic heterocycles. The van der Waals surface area contributed by atoms with E-state index in [4.69, 9.17) is 4.98 Å². The van der Waals surface area contributed by atoms with Crippen LogP contribution in [0, 0.1) is 0 Å². The van der Waals surface area contributed by atoms with Crippen molar-refractivity contribution < 1.29 is 0 Å². The SMILES string of the molecule is CC(C)(C)c1cc(-c2cc(-c3cc(C(C)(C)C)cc4c3[nH]c3ccc(C(C)(C)C)cc34)cc(C(C)(C)C)c2)cc(-c2cc3ccsc3cn2)c1. The van der Waals surface area contributed by atoms with Gasteiger partial charge in [0.05, 0.1) is 15.9 Å². The molecule has 0 aliphatic rings. The highest BCUT2D eigenvalue weighted by Gasteiger charge is 2.24. The van der Waals surface area contributed by atoms with Crippen molar-refractivity contribution in [3.8, 4) is 33.5 Å². The molecule has 0 fully saturated rings. The van der Waals surface area contributed by atoms with Gasteiger partial charge in [0.25, 0.3) is 0 Å². The molecule has 0 radical (unpaired) electrons. The molecule has 3 heterocycles. The topological polar surface area (TPSA) is 28.7 Å². The van der Waals surface area contributed by atoms with Crippen LogP contribution in [0.15, 0.2) is 90.4 Å². The largest absolute Gasteiger partial charge is 0.354 e. The Kier molecular flexibility index (Phi) is 7.99. The molecule has 2 nitrogen and oxygen atoms in total. The normalized spacial score (nSPS) is 13.2. The predicted octanol–water partition coefficient (Wildman–Crippen LogP) is 14.1. The Hall–Kier alpha value is -4.21. The van der Waals surface area contributed by atoms with Gasteiger partial charge in [-0.2, -0.15) is 0 Å². The van der Waals surface area contributed by atoms with E-state index in [0.29, 0.717) is 0 Å². The Morgan fingerprint density at radius 2 is 1.04 bits per heavy atom. The highest BCUT2D eigenvalue weighted by molar-refractivity contribution is 7.17. The number of rotatable bonds is 3. The molecule has 0 saturated carbocycles. The third kappa shape index (κ3) is 6.42. The average Bonchev–Trinajstić information content (AvgIpc) is 3.66. The fourth-order valence-corrected chi connectivity index (χ4v) is 7.65. The van der Waals surface area contributed by atoms with E-state index in [9.17, 15) is 0 Å². The molecule has 3 heteroatoms. The number of nitrogens with one attached hydrogen (secondary N) is 1. The fourth-order valence-electron chi connectivity index (χ4n) is 6.91. The average molecular weight is 677 g/mol. The van der Waals surface area contributed by atoms with Crippen LogP contribution in [0.3, 0.4) is 0 Å². The summed E-state index contributed by atoms with van der Waals surface area (Å²) in [6.07, 6.45) is 2.02. The van der Waals surface area contributed by atoms with Crippen LogP contribution >= 0.6 is 11.3 Å². The van der Waals surface area contributed by atoms with Gasteiger partial charge in [0.1, 0.15) is 0 Å². The smallest absolute Gasteiger partial charge is 0.0709 e. The highest BCUT2D eigenvalue weighted by Crippen LogP contribution is 2.43. The van der Waals surface area contributed by atoms with Crippen molar-refractivity contribution in [2.75, 3.05) is 0 Å². The summed E-state index contributed by atoms with van der Waals surface area (Å²) in [5.41, 5.74) is 14.9. The lowest BCUT2D eigenvalue weighted by molar-refractivity contribution is 0.589. The Bertz CT molecular complexity index is 2410. The molecule has 0 bridgehead atoms. The molecule has 0 saturated heterocycles. The van der Waals surface area contributed by atoms with Crippen molar-refractivity contribution in [2.45, 2.75) is 105 Å². The van der Waals surface area contributed by atoms with Gasteiger partial charge in [-0.15, -0.1) is 11.3 Å². The van der Waals surface area contributed by atoms with Crippen molar-refractivity contribution in [1.29, 1.82) is 0 Å². The number of pyridine rings is 1. The van der Waals surface area contributed by atoms with E-state index in [-0.39, 0.29) is 21.7 Å². The summed E-state index contributed by atoms with van der Waals surface area (Å²) in [6.45, 7) is 27.7. The quantitative estimate of drug-likeness (QED) is 0.198. The van der Waals surface area contributed by atoms with Gasteiger partial charge in [-0.3, -0.25) is 4.98 Å². The van der Waals surface area contributed by atoms with Crippen LogP contribution in [0.2, 0.25) is 0 Å². The van der Waals surface area contributed by atoms with Gasteiger partial charge in [-0.25, -0.2) is 0 Å². The van der Waals surface area contributed by atoms with Crippen LogP contribution in [-0.2, 0) is 21.7 Å². The summed E-state index contributed by atoms with van der Waals surface area (Å²) in [7, 11) is 0. The van der Waals surface area contributed by atoms with E-state index in [1.54, 1.807) is 11.3 Å². The molecule has 0 spiro atoms. The van der Waals surface area contributed by atoms with Crippen LogP contribution in [0.5, 0.6) is 0 Å². The van der Waals surface area contributed by atoms with Crippen LogP contribution in [0.25, 0.3) is 65.4 Å². The molecular formula is C47H52N2S. The summed E-state index contributed by atoms with van der Waals surface area (Å²) >= 11 is 1.74. The van der Waals surface area contributed by atoms with Gasteiger partial charge in [0, 0.05) is 33.6 Å². The van der Waals surface area contributed by atoms with Crippen LogP contribution < -0.4 is 0 Å². The number of aromatic amines is 1.